The second kappa shape index (κ2) is 15.2. The SMILES string of the molecule is CC(C)C1CCN(C(=O)[C@@H](NC(=O)N[C@H](CNS(=O)(=O)c2cccs2)C(C)C)C(C)(C)C)[C@@H]1C(=O)NC(CC1CC1)C(=O)C(N)=O. The van der Waals surface area contributed by atoms with E-state index in [1.165, 1.54) is 11.0 Å². The molecule has 2 aliphatic rings. The Morgan fingerprint density at radius 1 is 1.02 bits per heavy atom. The van der Waals surface area contributed by atoms with Gasteiger partial charge >= 0.3 is 6.03 Å². The quantitative estimate of drug-likeness (QED) is 0.174. The number of thiophene rings is 1. The first-order chi connectivity index (χ1) is 21.3. The lowest BCUT2D eigenvalue weighted by molar-refractivity contribution is -0.144. The molecule has 13 nitrogen and oxygen atoms in total. The lowest BCUT2D eigenvalue weighted by Gasteiger charge is -2.37. The van der Waals surface area contributed by atoms with E-state index in [-0.39, 0.29) is 41.0 Å². The molecule has 0 aromatic carbocycles. The van der Waals surface area contributed by atoms with Gasteiger partial charge in [0.05, 0.1) is 6.04 Å². The highest BCUT2D eigenvalue weighted by Gasteiger charge is 2.48. The predicted molar refractivity (Wildman–Crippen MR) is 175 cm³/mol. The minimum atomic E-state index is -3.75. The van der Waals surface area contributed by atoms with Crippen molar-refractivity contribution in [3.8, 4) is 0 Å². The molecule has 3 rings (SSSR count). The van der Waals surface area contributed by atoms with Crippen LogP contribution in [0.25, 0.3) is 0 Å². The molecular formula is C31H50N6O7S2. The van der Waals surface area contributed by atoms with E-state index in [1.807, 2.05) is 27.7 Å². The van der Waals surface area contributed by atoms with Crippen LogP contribution in [0.2, 0.25) is 0 Å². The zero-order valence-corrected chi connectivity index (χ0v) is 29.4. The van der Waals surface area contributed by atoms with Gasteiger partial charge in [-0.2, -0.15) is 0 Å². The van der Waals surface area contributed by atoms with Gasteiger partial charge in [0.15, 0.2) is 0 Å². The second-order valence-electron chi connectivity index (χ2n) is 14.2. The normalized spacial score (nSPS) is 20.7. The van der Waals surface area contributed by atoms with Crippen molar-refractivity contribution in [3.05, 3.63) is 17.5 Å². The molecule has 5 atom stereocenters. The van der Waals surface area contributed by atoms with Gasteiger partial charge in [0.1, 0.15) is 16.3 Å². The van der Waals surface area contributed by atoms with E-state index in [4.69, 9.17) is 5.73 Å². The Hall–Kier alpha value is -3.04. The summed E-state index contributed by atoms with van der Waals surface area (Å²) in [5, 5.41) is 10.0. The number of carbonyl (C=O) groups excluding carboxylic acids is 5. The Balaban J connectivity index is 1.77. The van der Waals surface area contributed by atoms with Crippen molar-refractivity contribution in [2.45, 2.75) is 103 Å². The fraction of sp³-hybridized carbons (Fsp3) is 0.710. The molecule has 1 saturated heterocycles. The number of nitrogens with two attached hydrogens (primary N) is 1. The number of nitrogens with zero attached hydrogens (tertiary/aromatic N) is 1. The minimum Gasteiger partial charge on any atom is -0.363 e. The highest BCUT2D eigenvalue weighted by atomic mass is 32.2. The van der Waals surface area contributed by atoms with Crippen LogP contribution in [-0.4, -0.2) is 80.1 Å². The minimum absolute atomic E-state index is 0.0244. The van der Waals surface area contributed by atoms with Gasteiger partial charge in [-0.25, -0.2) is 17.9 Å². The van der Waals surface area contributed by atoms with E-state index in [2.05, 4.69) is 20.7 Å². The molecule has 0 bridgehead atoms. The number of ketones is 1. The van der Waals surface area contributed by atoms with E-state index >= 15 is 0 Å². The Morgan fingerprint density at radius 3 is 2.17 bits per heavy atom. The molecule has 1 saturated carbocycles. The molecule has 2 unspecified atom stereocenters. The summed E-state index contributed by atoms with van der Waals surface area (Å²) < 4.78 is 28.0. The van der Waals surface area contributed by atoms with Crippen LogP contribution < -0.4 is 26.4 Å². The van der Waals surface area contributed by atoms with Gasteiger partial charge in [-0.3, -0.25) is 19.2 Å². The molecule has 1 aliphatic heterocycles. The van der Waals surface area contributed by atoms with Crippen LogP contribution in [0.3, 0.4) is 0 Å². The molecule has 6 N–H and O–H groups in total. The molecule has 2 fully saturated rings. The third-order valence-corrected chi connectivity index (χ3v) is 11.6. The first-order valence-electron chi connectivity index (χ1n) is 15.9. The molecule has 15 heteroatoms. The van der Waals surface area contributed by atoms with Gasteiger partial charge < -0.3 is 26.6 Å². The second-order valence-corrected chi connectivity index (χ2v) is 17.1. The van der Waals surface area contributed by atoms with E-state index in [9.17, 15) is 32.4 Å². The number of rotatable bonds is 15. The zero-order chi connectivity index (χ0) is 34.6. The van der Waals surface area contributed by atoms with Crippen LogP contribution in [0.4, 0.5) is 4.79 Å². The first kappa shape index (κ1) is 37.4. The zero-order valence-electron chi connectivity index (χ0n) is 27.8. The molecule has 0 spiro atoms. The maximum atomic E-state index is 14.2. The lowest BCUT2D eigenvalue weighted by Crippen LogP contribution is -2.62. The van der Waals surface area contributed by atoms with E-state index < -0.39 is 69.1 Å². The average Bonchev–Trinajstić information content (AvgIpc) is 3.40. The number of likely N-dealkylation sites (tertiary alicyclic amines) is 1. The molecule has 1 aliphatic carbocycles. The van der Waals surface area contributed by atoms with Crippen molar-refractivity contribution in [2.24, 2.45) is 34.8 Å². The monoisotopic (exact) mass is 682 g/mol. The Labute approximate surface area is 276 Å². The number of amides is 5. The highest BCUT2D eigenvalue weighted by Crippen LogP contribution is 2.35. The van der Waals surface area contributed by atoms with Gasteiger partial charge in [0, 0.05) is 19.1 Å². The van der Waals surface area contributed by atoms with Gasteiger partial charge in [0.2, 0.25) is 27.6 Å². The van der Waals surface area contributed by atoms with Crippen LogP contribution in [0.15, 0.2) is 21.7 Å². The van der Waals surface area contributed by atoms with E-state index in [1.54, 1.807) is 32.2 Å². The summed E-state index contributed by atoms with van der Waals surface area (Å²) in [6.07, 6.45) is 2.66. The van der Waals surface area contributed by atoms with Crippen LogP contribution >= 0.6 is 11.3 Å². The number of sulfonamides is 1. The summed E-state index contributed by atoms with van der Waals surface area (Å²) in [5.74, 6) is -3.07. The maximum Gasteiger partial charge on any atom is 0.315 e. The smallest absolute Gasteiger partial charge is 0.315 e. The fourth-order valence-electron chi connectivity index (χ4n) is 5.74. The van der Waals surface area contributed by atoms with Crippen molar-refractivity contribution >= 4 is 50.9 Å². The highest BCUT2D eigenvalue weighted by molar-refractivity contribution is 7.91. The van der Waals surface area contributed by atoms with Crippen molar-refractivity contribution in [1.29, 1.82) is 0 Å². The van der Waals surface area contributed by atoms with Crippen LogP contribution in [0.5, 0.6) is 0 Å². The number of urea groups is 1. The molecule has 258 valence electrons. The molecule has 2 heterocycles. The average molecular weight is 683 g/mol. The van der Waals surface area contributed by atoms with Crippen molar-refractivity contribution in [1.82, 2.24) is 25.6 Å². The Bertz CT molecular complexity index is 1370. The lowest BCUT2D eigenvalue weighted by atomic mass is 9.84. The first-order valence-corrected chi connectivity index (χ1v) is 18.2. The van der Waals surface area contributed by atoms with Crippen LogP contribution in [-0.2, 0) is 29.2 Å². The largest absolute Gasteiger partial charge is 0.363 e. The third-order valence-electron chi connectivity index (χ3n) is 8.76. The number of primary amides is 1. The standard InChI is InChI=1S/C31H50N6O7S2/c1-17(2)20-12-13-37(24(20)28(40)34-21(15-19-10-11-19)25(38)27(32)39)29(41)26(31(5,6)7)36-30(42)35-22(18(3)4)16-33-46(43,44)23-9-8-14-45-23/h8-9,14,17-22,24,26,33H,10-13,15-16H2,1-7H3,(H2,32,39)(H,34,40)(H2,35,36,42)/t20?,21?,22-,24+,26-/m1/s1. The predicted octanol–water partition coefficient (Wildman–Crippen LogP) is 1.98. The molecule has 1 aromatic rings. The van der Waals surface area contributed by atoms with Crippen LogP contribution in [0.1, 0.15) is 74.1 Å². The molecular weight excluding hydrogens is 633 g/mol. The number of nitrogens with one attached hydrogen (secondary N) is 4. The van der Waals surface area contributed by atoms with Crippen LogP contribution in [0, 0.1) is 29.1 Å². The molecule has 46 heavy (non-hydrogen) atoms. The van der Waals surface area contributed by atoms with Crippen molar-refractivity contribution < 1.29 is 32.4 Å². The fourth-order valence-corrected chi connectivity index (χ4v) is 7.84. The third kappa shape index (κ3) is 9.74. The van der Waals surface area contributed by atoms with Gasteiger partial charge in [-0.1, -0.05) is 67.4 Å². The van der Waals surface area contributed by atoms with Crippen molar-refractivity contribution in [2.75, 3.05) is 13.1 Å². The number of Topliss-reactive ketones (excluding diaryl/α,β-unsaturated/α-hetero) is 1. The van der Waals surface area contributed by atoms with E-state index in [0.29, 0.717) is 12.8 Å². The number of hydrogen-bond acceptors (Lipinski definition) is 8. The van der Waals surface area contributed by atoms with Gasteiger partial charge in [0.25, 0.3) is 5.91 Å². The summed E-state index contributed by atoms with van der Waals surface area (Å²) in [4.78, 5) is 67.1. The molecule has 5 amide bonds. The molecule has 0 radical (unpaired) electrons. The summed E-state index contributed by atoms with van der Waals surface area (Å²) in [6.45, 7) is 13.2. The summed E-state index contributed by atoms with van der Waals surface area (Å²) in [6, 6.07) is -1.13. The number of hydrogen-bond donors (Lipinski definition) is 5. The molecule has 1 aromatic heterocycles. The van der Waals surface area contributed by atoms with Gasteiger partial charge in [-0.05, 0) is 53.4 Å². The Kier molecular flexibility index (Phi) is 12.4. The maximum absolute atomic E-state index is 14.2. The summed E-state index contributed by atoms with van der Waals surface area (Å²) in [7, 11) is -3.75. The topological polar surface area (TPSA) is 197 Å². The summed E-state index contributed by atoms with van der Waals surface area (Å²) >= 11 is 1.09. The summed E-state index contributed by atoms with van der Waals surface area (Å²) in [5.41, 5.74) is 4.51. The number of carbonyl (C=O) groups is 5. The van der Waals surface area contributed by atoms with Gasteiger partial charge in [-0.15, -0.1) is 11.3 Å². The van der Waals surface area contributed by atoms with E-state index in [0.717, 1.165) is 24.2 Å². The Morgan fingerprint density at radius 2 is 1.67 bits per heavy atom. The van der Waals surface area contributed by atoms with Crippen molar-refractivity contribution in [3.63, 3.8) is 0 Å².